The minimum absolute atomic E-state index is 0.105. The Morgan fingerprint density at radius 2 is 0.487 bits per heavy atom. The Bertz CT molecular complexity index is 1790. The van der Waals surface area contributed by atoms with Crippen molar-refractivity contribution in [3.63, 3.8) is 0 Å². The normalized spacial score (nSPS) is 13.2. The van der Waals surface area contributed by atoms with Gasteiger partial charge in [-0.05, 0) is 148 Å². The Balaban J connectivity index is 4.49. The van der Waals surface area contributed by atoms with E-state index in [-0.39, 0.29) is 31.1 Å². The van der Waals surface area contributed by atoms with Crippen LogP contribution in [-0.4, -0.2) is 37.2 Å². The molecule has 0 aromatic carbocycles. The van der Waals surface area contributed by atoms with Crippen molar-refractivity contribution in [2.24, 2.45) is 0 Å². The van der Waals surface area contributed by atoms with E-state index in [1.165, 1.54) is 44.9 Å². The van der Waals surface area contributed by atoms with E-state index >= 15 is 0 Å². The highest BCUT2D eigenvalue weighted by molar-refractivity contribution is 5.71. The summed E-state index contributed by atoms with van der Waals surface area (Å²) in [5.74, 6) is -0.952. The quantitative estimate of drug-likeness (QED) is 0.0261. The topological polar surface area (TPSA) is 78.9 Å². The fourth-order valence-electron chi connectivity index (χ4n) is 8.44. The maximum atomic E-state index is 12.9. The molecule has 80 heavy (non-hydrogen) atoms. The lowest BCUT2D eigenvalue weighted by Gasteiger charge is -2.18. The summed E-state index contributed by atoms with van der Waals surface area (Å²) in [4.78, 5) is 38.4. The van der Waals surface area contributed by atoms with E-state index in [0.29, 0.717) is 19.3 Å². The van der Waals surface area contributed by atoms with Crippen LogP contribution in [0.1, 0.15) is 271 Å². The Hall–Kier alpha value is -4.97. The van der Waals surface area contributed by atoms with Crippen LogP contribution < -0.4 is 0 Å². The summed E-state index contributed by atoms with van der Waals surface area (Å²) in [7, 11) is 0. The number of carbonyl (C=O) groups is 3. The number of hydrogen-bond donors (Lipinski definition) is 0. The van der Waals surface area contributed by atoms with E-state index in [1.807, 2.05) is 0 Å². The molecule has 0 spiro atoms. The summed E-state index contributed by atoms with van der Waals surface area (Å²) in [5.41, 5.74) is 0. The van der Waals surface area contributed by atoms with Crippen molar-refractivity contribution in [3.05, 3.63) is 158 Å². The van der Waals surface area contributed by atoms with Gasteiger partial charge in [0.25, 0.3) is 0 Å². The standard InChI is InChI=1S/C74H118O6/c1-4-7-10-13-16-19-22-25-28-31-33-35-36-37-38-40-41-43-46-49-52-55-58-61-64-67-73(76)79-70-71(69-78-72(75)66-63-60-57-54-51-48-45-30-27-24-21-18-15-12-9-6-3)80-74(77)68-65-62-59-56-53-50-47-44-42-39-34-32-29-26-23-20-17-14-11-8-5-2/h7-8,10-11,16-17,19-21,24-26,28-30,33-35,37-39,41,43-45,47,71H,4-6,9,12-15,18,22-23,27,31-32,36,40,42,46,48-70H2,1-3H3/b10-7-,11-8-,19-16-,20-17-,24-21-,28-25-,29-26-,35-33-,38-37-,39-34-,43-41-,45-30-,47-44-. The highest BCUT2D eigenvalue weighted by Gasteiger charge is 2.19. The number of carbonyl (C=O) groups excluding carboxylic acids is 3. The summed E-state index contributed by atoms with van der Waals surface area (Å²) in [6, 6.07) is 0. The minimum atomic E-state index is -0.811. The average Bonchev–Trinajstić information content (AvgIpc) is 3.46. The zero-order chi connectivity index (χ0) is 57.8. The molecule has 450 valence electrons. The van der Waals surface area contributed by atoms with Crippen LogP contribution in [0.2, 0.25) is 0 Å². The Kier molecular flexibility index (Phi) is 62.4. The molecule has 0 N–H and O–H groups in total. The first-order chi connectivity index (χ1) is 39.5. The van der Waals surface area contributed by atoms with Crippen LogP contribution in [0, 0.1) is 0 Å². The highest BCUT2D eigenvalue weighted by Crippen LogP contribution is 2.14. The number of hydrogen-bond acceptors (Lipinski definition) is 6. The van der Waals surface area contributed by atoms with Gasteiger partial charge in [0, 0.05) is 19.3 Å². The zero-order valence-corrected chi connectivity index (χ0v) is 51.5. The van der Waals surface area contributed by atoms with Gasteiger partial charge in [0.2, 0.25) is 0 Å². The molecule has 0 amide bonds. The van der Waals surface area contributed by atoms with Crippen LogP contribution >= 0.6 is 0 Å². The van der Waals surface area contributed by atoms with Crippen molar-refractivity contribution in [2.45, 2.75) is 277 Å². The van der Waals surface area contributed by atoms with Gasteiger partial charge in [0.15, 0.2) is 6.10 Å². The molecule has 1 unspecified atom stereocenters. The Morgan fingerprint density at radius 1 is 0.263 bits per heavy atom. The van der Waals surface area contributed by atoms with E-state index in [4.69, 9.17) is 14.2 Å². The lowest BCUT2D eigenvalue weighted by atomic mass is 10.1. The molecule has 0 rings (SSSR count). The lowest BCUT2D eigenvalue weighted by molar-refractivity contribution is -0.167. The molecule has 0 saturated carbocycles. The first-order valence-electron chi connectivity index (χ1n) is 32.5. The summed E-state index contributed by atoms with van der Waals surface area (Å²) in [6.07, 6.45) is 96.6. The monoisotopic (exact) mass is 1100 g/mol. The predicted octanol–water partition coefficient (Wildman–Crippen LogP) is 22.5. The molecular weight excluding hydrogens is 985 g/mol. The van der Waals surface area contributed by atoms with Crippen molar-refractivity contribution >= 4 is 17.9 Å². The summed E-state index contributed by atoms with van der Waals surface area (Å²) in [6.45, 7) is 6.36. The third-order valence-corrected chi connectivity index (χ3v) is 13.2. The van der Waals surface area contributed by atoms with Crippen LogP contribution in [0.3, 0.4) is 0 Å². The summed E-state index contributed by atoms with van der Waals surface area (Å²) >= 11 is 0. The molecule has 6 heteroatoms. The van der Waals surface area contributed by atoms with Gasteiger partial charge in [0.05, 0.1) is 0 Å². The third kappa shape index (κ3) is 63.9. The molecule has 1 atom stereocenters. The maximum Gasteiger partial charge on any atom is 0.306 e. The molecular formula is C74H118O6. The smallest absolute Gasteiger partial charge is 0.306 e. The molecule has 0 bridgehead atoms. The van der Waals surface area contributed by atoms with Crippen molar-refractivity contribution in [3.8, 4) is 0 Å². The van der Waals surface area contributed by atoms with Gasteiger partial charge in [-0.15, -0.1) is 0 Å². The van der Waals surface area contributed by atoms with Crippen molar-refractivity contribution in [1.82, 2.24) is 0 Å². The van der Waals surface area contributed by atoms with Gasteiger partial charge >= 0.3 is 17.9 Å². The Labute approximate surface area is 492 Å². The minimum Gasteiger partial charge on any atom is -0.462 e. The van der Waals surface area contributed by atoms with Gasteiger partial charge in [0.1, 0.15) is 13.2 Å². The van der Waals surface area contributed by atoms with Gasteiger partial charge in [-0.1, -0.05) is 262 Å². The first kappa shape index (κ1) is 75.0. The fourth-order valence-corrected chi connectivity index (χ4v) is 8.44. The Morgan fingerprint density at radius 3 is 0.762 bits per heavy atom. The molecule has 6 nitrogen and oxygen atoms in total. The van der Waals surface area contributed by atoms with Gasteiger partial charge in [-0.25, -0.2) is 0 Å². The SMILES string of the molecule is CC/C=C\C/C=C\C/C=C\C/C=C\C/C=C\C/C=C\CCCCCCCCC(=O)OCC(COC(=O)CCCCCCC/C=C\C/C=C\CCCCCC)OC(=O)CCCCCCC/C=C\C/C=C\C/C=C\C/C=C\C/C=C\CC. The molecule has 0 heterocycles. The second-order valence-electron chi connectivity index (χ2n) is 20.9. The second kappa shape index (κ2) is 66.5. The van der Waals surface area contributed by atoms with Crippen molar-refractivity contribution in [2.75, 3.05) is 13.2 Å². The highest BCUT2D eigenvalue weighted by atomic mass is 16.6. The average molecular weight is 1100 g/mol. The molecule has 0 aromatic rings. The largest absolute Gasteiger partial charge is 0.462 e. The van der Waals surface area contributed by atoms with E-state index < -0.39 is 6.10 Å². The molecule has 0 fully saturated rings. The molecule has 0 aliphatic heterocycles. The van der Waals surface area contributed by atoms with Crippen molar-refractivity contribution in [1.29, 1.82) is 0 Å². The van der Waals surface area contributed by atoms with Crippen LogP contribution in [0.15, 0.2) is 158 Å². The van der Waals surface area contributed by atoms with Gasteiger partial charge in [-0.3, -0.25) is 14.4 Å². The molecule has 0 aliphatic carbocycles. The van der Waals surface area contributed by atoms with Gasteiger partial charge < -0.3 is 14.2 Å². The molecule has 0 aromatic heterocycles. The summed E-state index contributed by atoms with van der Waals surface area (Å²) < 4.78 is 16.9. The molecule has 0 saturated heterocycles. The number of esters is 3. The first-order valence-corrected chi connectivity index (χ1v) is 32.5. The van der Waals surface area contributed by atoms with Crippen LogP contribution in [-0.2, 0) is 28.6 Å². The second-order valence-corrected chi connectivity index (χ2v) is 20.9. The third-order valence-electron chi connectivity index (χ3n) is 13.2. The van der Waals surface area contributed by atoms with Crippen LogP contribution in [0.25, 0.3) is 0 Å². The molecule has 0 aliphatic rings. The van der Waals surface area contributed by atoms with E-state index in [9.17, 15) is 14.4 Å². The van der Waals surface area contributed by atoms with Crippen LogP contribution in [0.5, 0.6) is 0 Å². The van der Waals surface area contributed by atoms with Gasteiger partial charge in [-0.2, -0.15) is 0 Å². The number of ether oxygens (including phenoxy) is 3. The van der Waals surface area contributed by atoms with Crippen molar-refractivity contribution < 1.29 is 28.6 Å². The fraction of sp³-hybridized carbons (Fsp3) is 0.608. The van der Waals surface area contributed by atoms with E-state index in [0.717, 1.165) is 186 Å². The molecule has 0 radical (unpaired) electrons. The number of allylic oxidation sites excluding steroid dienone is 26. The summed E-state index contributed by atoms with van der Waals surface area (Å²) in [5, 5.41) is 0. The van der Waals surface area contributed by atoms with E-state index in [2.05, 4.69) is 179 Å². The van der Waals surface area contributed by atoms with E-state index in [1.54, 1.807) is 0 Å². The zero-order valence-electron chi connectivity index (χ0n) is 51.5. The maximum absolute atomic E-state index is 12.9. The predicted molar refractivity (Wildman–Crippen MR) is 348 cm³/mol. The number of unbranched alkanes of at least 4 members (excludes halogenated alkanes) is 20. The number of rotatable bonds is 57. The van der Waals surface area contributed by atoms with Crippen LogP contribution in [0.4, 0.5) is 0 Å². The lowest BCUT2D eigenvalue weighted by Crippen LogP contribution is -2.30.